The van der Waals surface area contributed by atoms with Crippen LogP contribution < -0.4 is 5.32 Å². The van der Waals surface area contributed by atoms with Crippen LogP contribution in [0.15, 0.2) is 24.3 Å². The SMILES string of the molecule is CC(Cc1ccc(F)cc1)NC(=O)C1CCC(C(=O)O)O1. The number of carboxylic acid groups (broad SMARTS) is 1. The van der Waals surface area contributed by atoms with Gasteiger partial charge in [0.25, 0.3) is 0 Å². The summed E-state index contributed by atoms with van der Waals surface area (Å²) in [4.78, 5) is 22.8. The molecule has 1 fully saturated rings. The molecule has 1 saturated heterocycles. The van der Waals surface area contributed by atoms with Crippen molar-refractivity contribution in [2.24, 2.45) is 0 Å². The summed E-state index contributed by atoms with van der Waals surface area (Å²) in [5.41, 5.74) is 0.917. The van der Waals surface area contributed by atoms with Crippen LogP contribution in [-0.4, -0.2) is 35.2 Å². The fourth-order valence-electron chi connectivity index (χ4n) is 2.37. The first-order valence-electron chi connectivity index (χ1n) is 6.89. The van der Waals surface area contributed by atoms with E-state index in [0.717, 1.165) is 5.56 Å². The topological polar surface area (TPSA) is 75.6 Å². The minimum atomic E-state index is -1.04. The quantitative estimate of drug-likeness (QED) is 0.863. The molecule has 3 atom stereocenters. The summed E-state index contributed by atoms with van der Waals surface area (Å²) in [6, 6.07) is 5.95. The standard InChI is InChI=1S/C15H18FNO4/c1-9(8-10-2-4-11(16)5-3-10)17-14(18)12-6-7-13(21-12)15(19)20/h2-5,9,12-13H,6-8H2,1H3,(H,17,18)(H,19,20). The number of hydrogen-bond acceptors (Lipinski definition) is 3. The first-order chi connectivity index (χ1) is 9.95. The Kier molecular flexibility index (Phi) is 4.90. The van der Waals surface area contributed by atoms with Gasteiger partial charge >= 0.3 is 5.97 Å². The normalized spacial score (nSPS) is 22.8. The molecule has 21 heavy (non-hydrogen) atoms. The van der Waals surface area contributed by atoms with E-state index in [4.69, 9.17) is 9.84 Å². The molecule has 1 aliphatic rings. The Morgan fingerprint density at radius 2 is 1.95 bits per heavy atom. The van der Waals surface area contributed by atoms with Crippen molar-refractivity contribution >= 4 is 11.9 Å². The molecule has 0 saturated carbocycles. The van der Waals surface area contributed by atoms with Crippen LogP contribution in [0.4, 0.5) is 4.39 Å². The smallest absolute Gasteiger partial charge is 0.332 e. The predicted molar refractivity (Wildman–Crippen MR) is 73.2 cm³/mol. The molecule has 0 aromatic heterocycles. The zero-order valence-electron chi connectivity index (χ0n) is 11.7. The van der Waals surface area contributed by atoms with Gasteiger partial charge in [0.1, 0.15) is 11.9 Å². The van der Waals surface area contributed by atoms with Crippen molar-refractivity contribution in [1.82, 2.24) is 5.32 Å². The molecule has 0 spiro atoms. The van der Waals surface area contributed by atoms with Crippen LogP contribution in [0.1, 0.15) is 25.3 Å². The second-order valence-corrected chi connectivity index (χ2v) is 5.27. The van der Waals surface area contributed by atoms with E-state index in [0.29, 0.717) is 19.3 Å². The van der Waals surface area contributed by atoms with Crippen molar-refractivity contribution in [3.8, 4) is 0 Å². The Morgan fingerprint density at radius 1 is 1.33 bits per heavy atom. The zero-order valence-corrected chi connectivity index (χ0v) is 11.7. The number of hydrogen-bond donors (Lipinski definition) is 2. The number of carboxylic acids is 1. The average Bonchev–Trinajstić information content (AvgIpc) is 2.91. The van der Waals surface area contributed by atoms with Crippen molar-refractivity contribution in [3.05, 3.63) is 35.6 Å². The summed E-state index contributed by atoms with van der Waals surface area (Å²) in [7, 11) is 0. The molecular weight excluding hydrogens is 277 g/mol. The van der Waals surface area contributed by atoms with E-state index < -0.39 is 18.2 Å². The van der Waals surface area contributed by atoms with Gasteiger partial charge in [0.15, 0.2) is 6.10 Å². The zero-order chi connectivity index (χ0) is 15.4. The lowest BCUT2D eigenvalue weighted by Gasteiger charge is -2.17. The van der Waals surface area contributed by atoms with Gasteiger partial charge in [-0.1, -0.05) is 12.1 Å². The summed E-state index contributed by atoms with van der Waals surface area (Å²) >= 11 is 0. The minimum Gasteiger partial charge on any atom is -0.479 e. The molecule has 2 rings (SSSR count). The molecule has 0 radical (unpaired) electrons. The van der Waals surface area contributed by atoms with E-state index in [-0.39, 0.29) is 17.8 Å². The molecule has 114 valence electrons. The monoisotopic (exact) mass is 295 g/mol. The van der Waals surface area contributed by atoms with Crippen LogP contribution in [0.2, 0.25) is 0 Å². The van der Waals surface area contributed by atoms with Gasteiger partial charge in [-0.05, 0) is 43.9 Å². The van der Waals surface area contributed by atoms with Gasteiger partial charge in [0.05, 0.1) is 0 Å². The van der Waals surface area contributed by atoms with Crippen molar-refractivity contribution < 1.29 is 23.8 Å². The van der Waals surface area contributed by atoms with Crippen LogP contribution in [0.25, 0.3) is 0 Å². The van der Waals surface area contributed by atoms with E-state index in [9.17, 15) is 14.0 Å². The third kappa shape index (κ3) is 4.26. The van der Waals surface area contributed by atoms with Crippen LogP contribution in [0, 0.1) is 5.82 Å². The molecule has 1 aromatic rings. The first kappa shape index (κ1) is 15.4. The third-order valence-corrected chi connectivity index (χ3v) is 3.43. The molecule has 3 unspecified atom stereocenters. The Labute approximate surface area is 122 Å². The predicted octanol–water partition coefficient (Wildman–Crippen LogP) is 1.51. The molecule has 1 aliphatic heterocycles. The van der Waals surface area contributed by atoms with E-state index in [1.165, 1.54) is 12.1 Å². The fourth-order valence-corrected chi connectivity index (χ4v) is 2.37. The summed E-state index contributed by atoms with van der Waals surface area (Å²) in [6.45, 7) is 1.84. The van der Waals surface area contributed by atoms with Crippen molar-refractivity contribution in [2.75, 3.05) is 0 Å². The maximum Gasteiger partial charge on any atom is 0.332 e. The highest BCUT2D eigenvalue weighted by atomic mass is 19.1. The number of carbonyl (C=O) groups excluding carboxylic acids is 1. The average molecular weight is 295 g/mol. The van der Waals surface area contributed by atoms with Crippen molar-refractivity contribution in [2.45, 2.75) is 44.4 Å². The lowest BCUT2D eigenvalue weighted by atomic mass is 10.1. The third-order valence-electron chi connectivity index (χ3n) is 3.43. The molecule has 6 heteroatoms. The molecule has 0 bridgehead atoms. The molecular formula is C15H18FNO4. The summed E-state index contributed by atoms with van der Waals surface area (Å²) in [5, 5.41) is 11.6. The highest BCUT2D eigenvalue weighted by Crippen LogP contribution is 2.20. The Bertz CT molecular complexity index is 517. The number of ether oxygens (including phenoxy) is 1. The Morgan fingerprint density at radius 3 is 2.52 bits per heavy atom. The van der Waals surface area contributed by atoms with Gasteiger partial charge in [0, 0.05) is 6.04 Å². The number of halogens is 1. The molecule has 0 aliphatic carbocycles. The second kappa shape index (κ2) is 6.67. The van der Waals surface area contributed by atoms with Crippen LogP contribution in [-0.2, 0) is 20.7 Å². The first-order valence-corrected chi connectivity index (χ1v) is 6.89. The highest BCUT2D eigenvalue weighted by molar-refractivity contribution is 5.82. The maximum absolute atomic E-state index is 12.8. The Balaban J connectivity index is 1.82. The lowest BCUT2D eigenvalue weighted by molar-refractivity contribution is -0.151. The number of nitrogens with one attached hydrogen (secondary N) is 1. The van der Waals surface area contributed by atoms with Gasteiger partial charge < -0.3 is 15.2 Å². The number of amides is 1. The van der Waals surface area contributed by atoms with Crippen LogP contribution in [0.5, 0.6) is 0 Å². The molecule has 5 nitrogen and oxygen atoms in total. The second-order valence-electron chi connectivity index (χ2n) is 5.27. The molecule has 1 heterocycles. The van der Waals surface area contributed by atoms with Crippen LogP contribution >= 0.6 is 0 Å². The molecule has 1 amide bonds. The molecule has 1 aromatic carbocycles. The highest BCUT2D eigenvalue weighted by Gasteiger charge is 2.34. The number of carbonyl (C=O) groups is 2. The van der Waals surface area contributed by atoms with Gasteiger partial charge in [-0.2, -0.15) is 0 Å². The van der Waals surface area contributed by atoms with E-state index in [1.807, 2.05) is 6.92 Å². The summed E-state index contributed by atoms with van der Waals surface area (Å²) in [6.07, 6.45) is -0.276. The summed E-state index contributed by atoms with van der Waals surface area (Å²) < 4.78 is 18.0. The minimum absolute atomic E-state index is 0.143. The van der Waals surface area contributed by atoms with Crippen LogP contribution in [0.3, 0.4) is 0 Å². The van der Waals surface area contributed by atoms with E-state index >= 15 is 0 Å². The van der Waals surface area contributed by atoms with Gasteiger partial charge in [-0.25, -0.2) is 9.18 Å². The largest absolute Gasteiger partial charge is 0.479 e. The number of rotatable bonds is 5. The van der Waals surface area contributed by atoms with Crippen molar-refractivity contribution in [1.29, 1.82) is 0 Å². The van der Waals surface area contributed by atoms with Gasteiger partial charge in [-0.3, -0.25) is 4.79 Å². The van der Waals surface area contributed by atoms with Crippen molar-refractivity contribution in [3.63, 3.8) is 0 Å². The lowest BCUT2D eigenvalue weighted by Crippen LogP contribution is -2.41. The number of aliphatic carboxylic acids is 1. The van der Waals surface area contributed by atoms with Gasteiger partial charge in [0.2, 0.25) is 5.91 Å². The summed E-state index contributed by atoms with van der Waals surface area (Å²) in [5.74, 6) is -1.63. The van der Waals surface area contributed by atoms with E-state index in [1.54, 1.807) is 12.1 Å². The molecule has 2 N–H and O–H groups in total. The van der Waals surface area contributed by atoms with E-state index in [2.05, 4.69) is 5.32 Å². The van der Waals surface area contributed by atoms with Gasteiger partial charge in [-0.15, -0.1) is 0 Å². The maximum atomic E-state index is 12.8. The Hall–Kier alpha value is -1.95. The number of benzene rings is 1. The fraction of sp³-hybridized carbons (Fsp3) is 0.467.